The van der Waals surface area contributed by atoms with E-state index < -0.39 is 5.97 Å². The number of aliphatic carboxylic acids is 1. The van der Waals surface area contributed by atoms with Gasteiger partial charge in [0.05, 0.1) is 0 Å². The number of benzene rings is 1. The standard InChI is InChI=1S/C24H27N3O3/c28-24(29)13-6-1-2-9-17-27(22-12-7-8-15-25-22)23-18-21(14-16-26-23)30-19-20-10-4-3-5-11-20/h3-5,7-8,10-12,14-16,18H,1-2,6,9,13,17,19H2,(H,28,29). The summed E-state index contributed by atoms with van der Waals surface area (Å²) in [5.74, 6) is 1.63. The first-order valence-electron chi connectivity index (χ1n) is 10.3. The molecule has 1 aromatic carbocycles. The molecular formula is C24H27N3O3. The fraction of sp³-hybridized carbons (Fsp3) is 0.292. The highest BCUT2D eigenvalue weighted by Crippen LogP contribution is 2.26. The van der Waals surface area contributed by atoms with Crippen LogP contribution in [-0.4, -0.2) is 27.6 Å². The SMILES string of the molecule is O=C(O)CCCCCCN(c1ccccn1)c1cc(OCc2ccccc2)ccn1. The molecule has 0 bridgehead atoms. The smallest absolute Gasteiger partial charge is 0.303 e. The summed E-state index contributed by atoms with van der Waals surface area (Å²) in [6, 6.07) is 19.6. The fourth-order valence-electron chi connectivity index (χ4n) is 3.14. The van der Waals surface area contributed by atoms with Crippen molar-refractivity contribution >= 4 is 17.6 Å². The van der Waals surface area contributed by atoms with Crippen molar-refractivity contribution in [1.29, 1.82) is 0 Å². The minimum atomic E-state index is -0.735. The average molecular weight is 405 g/mol. The molecule has 0 atom stereocenters. The Bertz CT molecular complexity index is 904. The Morgan fingerprint density at radius 1 is 0.867 bits per heavy atom. The number of aromatic nitrogens is 2. The van der Waals surface area contributed by atoms with Crippen molar-refractivity contribution in [2.45, 2.75) is 38.7 Å². The number of unbranched alkanes of at least 4 members (excludes halogenated alkanes) is 3. The maximum atomic E-state index is 10.6. The summed E-state index contributed by atoms with van der Waals surface area (Å²) in [5.41, 5.74) is 1.11. The van der Waals surface area contributed by atoms with Crippen molar-refractivity contribution in [3.05, 3.63) is 78.6 Å². The Morgan fingerprint density at radius 2 is 1.63 bits per heavy atom. The predicted octanol–water partition coefficient (Wildman–Crippen LogP) is 5.23. The van der Waals surface area contributed by atoms with Crippen molar-refractivity contribution in [2.75, 3.05) is 11.4 Å². The molecule has 30 heavy (non-hydrogen) atoms. The van der Waals surface area contributed by atoms with Gasteiger partial charge in [0.2, 0.25) is 0 Å². The molecular weight excluding hydrogens is 378 g/mol. The quantitative estimate of drug-likeness (QED) is 0.416. The van der Waals surface area contributed by atoms with E-state index in [1.54, 1.807) is 12.4 Å². The third-order valence-electron chi connectivity index (χ3n) is 4.69. The number of carbonyl (C=O) groups is 1. The number of rotatable bonds is 12. The number of ether oxygens (including phenoxy) is 1. The molecule has 0 unspecified atom stereocenters. The second-order valence-corrected chi connectivity index (χ2v) is 7.02. The number of carboxylic acid groups (broad SMARTS) is 1. The zero-order valence-corrected chi connectivity index (χ0v) is 17.0. The second-order valence-electron chi connectivity index (χ2n) is 7.02. The lowest BCUT2D eigenvalue weighted by Gasteiger charge is -2.23. The van der Waals surface area contributed by atoms with Crippen LogP contribution in [0.2, 0.25) is 0 Å². The first kappa shape index (κ1) is 21.3. The van der Waals surface area contributed by atoms with Crippen molar-refractivity contribution < 1.29 is 14.6 Å². The molecule has 0 fully saturated rings. The molecule has 0 spiro atoms. The number of hydrogen-bond donors (Lipinski definition) is 1. The maximum absolute atomic E-state index is 10.6. The van der Waals surface area contributed by atoms with Crippen LogP contribution in [-0.2, 0) is 11.4 Å². The zero-order chi connectivity index (χ0) is 21.0. The van der Waals surface area contributed by atoms with Gasteiger partial charge in [-0.3, -0.25) is 4.79 Å². The van der Waals surface area contributed by atoms with Crippen LogP contribution < -0.4 is 9.64 Å². The minimum absolute atomic E-state index is 0.228. The lowest BCUT2D eigenvalue weighted by atomic mass is 10.1. The summed E-state index contributed by atoms with van der Waals surface area (Å²) in [7, 11) is 0. The van der Waals surface area contributed by atoms with Crippen LogP contribution in [0.5, 0.6) is 5.75 Å². The zero-order valence-electron chi connectivity index (χ0n) is 17.0. The highest BCUT2D eigenvalue weighted by Gasteiger charge is 2.13. The molecule has 156 valence electrons. The van der Waals surface area contributed by atoms with Crippen LogP contribution in [0.4, 0.5) is 11.6 Å². The third kappa shape index (κ3) is 6.88. The number of pyridine rings is 2. The van der Waals surface area contributed by atoms with Gasteiger partial charge in [-0.1, -0.05) is 49.2 Å². The van der Waals surface area contributed by atoms with E-state index in [0.29, 0.717) is 13.0 Å². The summed E-state index contributed by atoms with van der Waals surface area (Å²) in [5, 5.41) is 8.76. The van der Waals surface area contributed by atoms with Crippen LogP contribution in [0, 0.1) is 0 Å². The van der Waals surface area contributed by atoms with E-state index in [0.717, 1.165) is 48.8 Å². The molecule has 0 amide bonds. The van der Waals surface area contributed by atoms with Crippen LogP contribution >= 0.6 is 0 Å². The minimum Gasteiger partial charge on any atom is -0.489 e. The molecule has 0 radical (unpaired) electrons. The lowest BCUT2D eigenvalue weighted by Crippen LogP contribution is -2.20. The third-order valence-corrected chi connectivity index (χ3v) is 4.69. The lowest BCUT2D eigenvalue weighted by molar-refractivity contribution is -0.137. The predicted molar refractivity (Wildman–Crippen MR) is 117 cm³/mol. The molecule has 6 heteroatoms. The van der Waals surface area contributed by atoms with E-state index in [1.807, 2.05) is 60.7 Å². The van der Waals surface area contributed by atoms with Crippen LogP contribution in [0.1, 0.15) is 37.7 Å². The molecule has 0 saturated carbocycles. The van der Waals surface area contributed by atoms with E-state index in [4.69, 9.17) is 9.84 Å². The maximum Gasteiger partial charge on any atom is 0.303 e. The molecule has 3 aromatic rings. The van der Waals surface area contributed by atoms with Crippen molar-refractivity contribution in [3.8, 4) is 5.75 Å². The number of carboxylic acids is 1. The van der Waals surface area contributed by atoms with Gasteiger partial charge in [-0.15, -0.1) is 0 Å². The van der Waals surface area contributed by atoms with E-state index in [-0.39, 0.29) is 6.42 Å². The highest BCUT2D eigenvalue weighted by atomic mass is 16.5. The normalized spacial score (nSPS) is 10.5. The molecule has 0 saturated heterocycles. The van der Waals surface area contributed by atoms with Gasteiger partial charge >= 0.3 is 5.97 Å². The van der Waals surface area contributed by atoms with Crippen LogP contribution in [0.25, 0.3) is 0 Å². The number of nitrogens with zero attached hydrogens (tertiary/aromatic N) is 3. The second kappa shape index (κ2) is 11.6. The van der Waals surface area contributed by atoms with Crippen LogP contribution in [0.3, 0.4) is 0 Å². The molecule has 0 aliphatic carbocycles. The Morgan fingerprint density at radius 3 is 2.40 bits per heavy atom. The fourth-order valence-corrected chi connectivity index (χ4v) is 3.14. The summed E-state index contributed by atoms with van der Waals surface area (Å²) in [6.45, 7) is 1.25. The van der Waals surface area contributed by atoms with Crippen molar-refractivity contribution in [2.24, 2.45) is 0 Å². The van der Waals surface area contributed by atoms with Gasteiger partial charge in [-0.25, -0.2) is 9.97 Å². The van der Waals surface area contributed by atoms with Gasteiger partial charge in [0, 0.05) is 31.4 Å². The highest BCUT2D eigenvalue weighted by molar-refractivity contribution is 5.66. The van der Waals surface area contributed by atoms with Gasteiger partial charge in [0.25, 0.3) is 0 Å². The molecule has 0 aliphatic rings. The largest absolute Gasteiger partial charge is 0.489 e. The monoisotopic (exact) mass is 405 g/mol. The van der Waals surface area contributed by atoms with Crippen molar-refractivity contribution in [1.82, 2.24) is 9.97 Å². The van der Waals surface area contributed by atoms with Gasteiger partial charge in [-0.2, -0.15) is 0 Å². The molecule has 3 rings (SSSR count). The van der Waals surface area contributed by atoms with Gasteiger partial charge in [0.1, 0.15) is 24.0 Å². The topological polar surface area (TPSA) is 75.5 Å². The van der Waals surface area contributed by atoms with E-state index >= 15 is 0 Å². The van der Waals surface area contributed by atoms with Gasteiger partial charge in [-0.05, 0) is 36.6 Å². The van der Waals surface area contributed by atoms with Gasteiger partial charge in [0.15, 0.2) is 0 Å². The Labute approximate surface area is 177 Å². The van der Waals surface area contributed by atoms with Gasteiger partial charge < -0.3 is 14.7 Å². The molecule has 1 N–H and O–H groups in total. The van der Waals surface area contributed by atoms with Crippen molar-refractivity contribution in [3.63, 3.8) is 0 Å². The first-order valence-corrected chi connectivity index (χ1v) is 10.3. The average Bonchev–Trinajstić information content (AvgIpc) is 2.78. The number of hydrogen-bond acceptors (Lipinski definition) is 5. The molecule has 0 aliphatic heterocycles. The Hall–Kier alpha value is -3.41. The summed E-state index contributed by atoms with van der Waals surface area (Å²) < 4.78 is 5.96. The number of anilines is 2. The molecule has 2 aromatic heterocycles. The van der Waals surface area contributed by atoms with E-state index in [9.17, 15) is 4.79 Å². The summed E-state index contributed by atoms with van der Waals surface area (Å²) in [6.07, 6.45) is 7.24. The van der Waals surface area contributed by atoms with E-state index in [1.165, 1.54) is 0 Å². The van der Waals surface area contributed by atoms with Crippen LogP contribution in [0.15, 0.2) is 73.1 Å². The molecule has 6 nitrogen and oxygen atoms in total. The Balaban J connectivity index is 1.64. The van der Waals surface area contributed by atoms with E-state index in [2.05, 4.69) is 14.9 Å². The Kier molecular flexibility index (Phi) is 8.21. The first-order chi connectivity index (χ1) is 14.7. The summed E-state index contributed by atoms with van der Waals surface area (Å²) >= 11 is 0. The molecule has 2 heterocycles. The summed E-state index contributed by atoms with van der Waals surface area (Å²) in [4.78, 5) is 21.7.